The Morgan fingerprint density at radius 1 is 1.00 bits per heavy atom. The highest BCUT2D eigenvalue weighted by atomic mass is 32.2. The quantitative estimate of drug-likeness (QED) is 0.299. The number of hydrogen-bond donors (Lipinski definition) is 1. The Kier molecular flexibility index (Phi) is 6.68. The SMILES string of the molecule is COc1cc(NSc2cccc3cccnc23)ccc1C(=O)N1CCN(C2(c3ccc(F)cc3)CC2)CC1. The summed E-state index contributed by atoms with van der Waals surface area (Å²) in [5, 5.41) is 1.09. The van der Waals surface area contributed by atoms with Gasteiger partial charge >= 0.3 is 0 Å². The zero-order valence-electron chi connectivity index (χ0n) is 21.2. The summed E-state index contributed by atoms with van der Waals surface area (Å²) < 4.78 is 22.4. The minimum Gasteiger partial charge on any atom is -0.496 e. The van der Waals surface area contributed by atoms with Crippen molar-refractivity contribution in [3.8, 4) is 5.75 Å². The van der Waals surface area contributed by atoms with Crippen molar-refractivity contribution in [1.29, 1.82) is 0 Å². The van der Waals surface area contributed by atoms with Crippen molar-refractivity contribution in [1.82, 2.24) is 14.8 Å². The van der Waals surface area contributed by atoms with Gasteiger partial charge in [-0.3, -0.25) is 14.7 Å². The minimum absolute atomic E-state index is 0.00882. The summed E-state index contributed by atoms with van der Waals surface area (Å²) >= 11 is 1.48. The molecule has 8 heteroatoms. The average Bonchev–Trinajstić information content (AvgIpc) is 3.78. The molecule has 1 aliphatic carbocycles. The van der Waals surface area contributed by atoms with Gasteiger partial charge in [-0.2, -0.15) is 0 Å². The number of carbonyl (C=O) groups excluding carboxylic acids is 1. The number of halogens is 1. The number of aromatic nitrogens is 1. The average molecular weight is 529 g/mol. The Labute approximate surface area is 225 Å². The normalized spacial score (nSPS) is 16.8. The Hall–Kier alpha value is -3.62. The fraction of sp³-hybridized carbons (Fsp3) is 0.267. The Morgan fingerprint density at radius 2 is 1.76 bits per heavy atom. The zero-order valence-corrected chi connectivity index (χ0v) is 22.0. The number of carbonyl (C=O) groups is 1. The molecule has 1 saturated heterocycles. The third-order valence-electron chi connectivity index (χ3n) is 7.58. The van der Waals surface area contributed by atoms with Crippen LogP contribution in [0.25, 0.3) is 10.9 Å². The first kappa shape index (κ1) is 24.7. The number of anilines is 1. The molecular weight excluding hydrogens is 499 g/mol. The van der Waals surface area contributed by atoms with E-state index < -0.39 is 0 Å². The van der Waals surface area contributed by atoms with Crippen LogP contribution >= 0.6 is 11.9 Å². The molecule has 0 radical (unpaired) electrons. The molecule has 0 atom stereocenters. The van der Waals surface area contributed by atoms with Crippen LogP contribution in [0.5, 0.6) is 5.75 Å². The predicted molar refractivity (Wildman–Crippen MR) is 149 cm³/mol. The van der Waals surface area contributed by atoms with Gasteiger partial charge < -0.3 is 14.4 Å². The van der Waals surface area contributed by atoms with Crippen LogP contribution in [0.15, 0.2) is 83.9 Å². The van der Waals surface area contributed by atoms with E-state index in [1.165, 1.54) is 29.6 Å². The molecule has 2 fully saturated rings. The lowest BCUT2D eigenvalue weighted by molar-refractivity contribution is 0.0528. The van der Waals surface area contributed by atoms with Crippen LogP contribution in [0.3, 0.4) is 0 Å². The van der Waals surface area contributed by atoms with E-state index in [4.69, 9.17) is 4.74 Å². The van der Waals surface area contributed by atoms with E-state index in [0.717, 1.165) is 47.4 Å². The summed E-state index contributed by atoms with van der Waals surface area (Å²) in [5.74, 6) is 0.314. The molecule has 1 amide bonds. The zero-order chi connectivity index (χ0) is 26.1. The molecule has 1 N–H and O–H groups in total. The number of ether oxygens (including phenoxy) is 1. The van der Waals surface area contributed by atoms with E-state index in [2.05, 4.69) is 14.6 Å². The van der Waals surface area contributed by atoms with Crippen LogP contribution in [0.1, 0.15) is 28.8 Å². The van der Waals surface area contributed by atoms with Crippen molar-refractivity contribution in [2.75, 3.05) is 38.0 Å². The van der Waals surface area contributed by atoms with Gasteiger partial charge in [0.1, 0.15) is 11.6 Å². The second kappa shape index (κ2) is 10.3. The molecule has 194 valence electrons. The number of benzene rings is 3. The highest BCUT2D eigenvalue weighted by Crippen LogP contribution is 2.51. The van der Waals surface area contributed by atoms with Crippen molar-refractivity contribution in [3.63, 3.8) is 0 Å². The summed E-state index contributed by atoms with van der Waals surface area (Å²) in [5.41, 5.74) is 3.50. The molecule has 1 aliphatic heterocycles. The van der Waals surface area contributed by atoms with Gasteiger partial charge in [-0.1, -0.05) is 30.3 Å². The number of piperazine rings is 1. The maximum Gasteiger partial charge on any atom is 0.257 e. The number of nitrogens with one attached hydrogen (secondary N) is 1. The number of nitrogens with zero attached hydrogens (tertiary/aromatic N) is 3. The minimum atomic E-state index is -0.209. The smallest absolute Gasteiger partial charge is 0.257 e. The molecule has 3 aromatic carbocycles. The van der Waals surface area contributed by atoms with Gasteiger partial charge in [-0.05, 0) is 66.8 Å². The van der Waals surface area contributed by atoms with E-state index >= 15 is 0 Å². The van der Waals surface area contributed by atoms with Gasteiger partial charge in [0.2, 0.25) is 0 Å². The van der Waals surface area contributed by atoms with E-state index in [9.17, 15) is 9.18 Å². The maximum atomic E-state index is 13.4. The lowest BCUT2D eigenvalue weighted by Crippen LogP contribution is -2.52. The molecule has 0 spiro atoms. The topological polar surface area (TPSA) is 57.7 Å². The van der Waals surface area contributed by atoms with Gasteiger partial charge in [-0.25, -0.2) is 4.39 Å². The number of hydrogen-bond acceptors (Lipinski definition) is 6. The highest BCUT2D eigenvalue weighted by molar-refractivity contribution is 8.00. The molecule has 6 rings (SSSR count). The molecule has 1 aromatic heterocycles. The lowest BCUT2D eigenvalue weighted by Gasteiger charge is -2.40. The van der Waals surface area contributed by atoms with E-state index in [1.807, 2.05) is 65.6 Å². The number of methoxy groups -OCH3 is 1. The fourth-order valence-corrected chi connectivity index (χ4v) is 6.15. The molecule has 38 heavy (non-hydrogen) atoms. The van der Waals surface area contributed by atoms with Crippen LogP contribution in [0.2, 0.25) is 0 Å². The molecule has 0 unspecified atom stereocenters. The van der Waals surface area contributed by atoms with Crippen molar-refractivity contribution in [2.24, 2.45) is 0 Å². The molecule has 1 saturated carbocycles. The molecule has 4 aromatic rings. The predicted octanol–water partition coefficient (Wildman–Crippen LogP) is 5.95. The number of rotatable bonds is 7. The largest absolute Gasteiger partial charge is 0.496 e. The van der Waals surface area contributed by atoms with Crippen molar-refractivity contribution in [2.45, 2.75) is 23.3 Å². The highest BCUT2D eigenvalue weighted by Gasteiger charge is 2.50. The molecule has 2 aliphatic rings. The number of amides is 1. The molecule has 0 bridgehead atoms. The van der Waals surface area contributed by atoms with Gasteiger partial charge in [0.25, 0.3) is 5.91 Å². The third kappa shape index (κ3) is 4.70. The second-order valence-electron chi connectivity index (χ2n) is 9.77. The first-order valence-electron chi connectivity index (χ1n) is 12.8. The maximum absolute atomic E-state index is 13.4. The van der Waals surface area contributed by atoms with Gasteiger partial charge in [0.05, 0.1) is 23.1 Å². The molecular formula is C30H29FN4O2S. The van der Waals surface area contributed by atoms with Crippen molar-refractivity contribution >= 4 is 34.4 Å². The van der Waals surface area contributed by atoms with E-state index in [0.29, 0.717) is 24.4 Å². The number of pyridine rings is 1. The first-order chi connectivity index (χ1) is 18.6. The van der Waals surface area contributed by atoms with Crippen LogP contribution < -0.4 is 9.46 Å². The van der Waals surface area contributed by atoms with Crippen LogP contribution in [0, 0.1) is 5.82 Å². The van der Waals surface area contributed by atoms with Gasteiger partial charge in [-0.15, -0.1) is 0 Å². The standard InChI is InChI=1S/C30H29FN4O2S/c1-37-26-20-24(33-38-27-6-2-4-21-5-3-15-32-28(21)27)11-12-25(26)29(36)34-16-18-35(19-17-34)30(13-14-30)22-7-9-23(31)10-8-22/h2-12,15,20,33H,13-14,16-19H2,1H3. The van der Waals surface area contributed by atoms with Crippen LogP contribution in [-0.2, 0) is 5.54 Å². The molecule has 6 nitrogen and oxygen atoms in total. The summed E-state index contributed by atoms with van der Waals surface area (Å²) in [4.78, 5) is 23.3. The monoisotopic (exact) mass is 528 g/mol. The summed E-state index contributed by atoms with van der Waals surface area (Å²) in [7, 11) is 1.59. The number of fused-ring (bicyclic) bond motifs is 1. The third-order valence-corrected chi connectivity index (χ3v) is 8.47. The van der Waals surface area contributed by atoms with Gasteiger partial charge in [0.15, 0.2) is 0 Å². The molecule has 2 heterocycles. The Balaban J connectivity index is 1.11. The summed E-state index contributed by atoms with van der Waals surface area (Å²) in [6.45, 7) is 2.88. The Bertz CT molecular complexity index is 1460. The fourth-order valence-electron chi connectivity index (χ4n) is 5.38. The van der Waals surface area contributed by atoms with E-state index in [-0.39, 0.29) is 17.3 Å². The Morgan fingerprint density at radius 3 is 2.50 bits per heavy atom. The van der Waals surface area contributed by atoms with E-state index in [1.54, 1.807) is 13.3 Å². The van der Waals surface area contributed by atoms with Crippen LogP contribution in [-0.4, -0.2) is 54.0 Å². The second-order valence-corrected chi connectivity index (χ2v) is 10.6. The summed E-state index contributed by atoms with van der Waals surface area (Å²) in [6.07, 6.45) is 3.94. The lowest BCUT2D eigenvalue weighted by atomic mass is 10.0. The number of para-hydroxylation sites is 1. The summed E-state index contributed by atoms with van der Waals surface area (Å²) in [6, 6.07) is 22.5. The van der Waals surface area contributed by atoms with Gasteiger partial charge in [0, 0.05) is 55.1 Å². The van der Waals surface area contributed by atoms with Crippen molar-refractivity contribution < 1.29 is 13.9 Å². The van der Waals surface area contributed by atoms with Crippen molar-refractivity contribution in [3.05, 3.63) is 95.9 Å². The van der Waals surface area contributed by atoms with Crippen LogP contribution in [0.4, 0.5) is 10.1 Å². The first-order valence-corrected chi connectivity index (χ1v) is 13.6.